The second kappa shape index (κ2) is 4.81. The van der Waals surface area contributed by atoms with Crippen molar-refractivity contribution in [3.05, 3.63) is 22.5 Å². The Morgan fingerprint density at radius 1 is 1.22 bits per heavy atom. The fourth-order valence-corrected chi connectivity index (χ4v) is 1.28. The van der Waals surface area contributed by atoms with E-state index < -0.39 is 35.5 Å². The number of ether oxygens (including phenoxy) is 1. The summed E-state index contributed by atoms with van der Waals surface area (Å²) >= 11 is 5.42. The van der Waals surface area contributed by atoms with Gasteiger partial charge in [0.1, 0.15) is 0 Å². The third kappa shape index (κ3) is 3.64. The summed E-state index contributed by atoms with van der Waals surface area (Å²) in [7, 11) is 0. The zero-order valence-electron chi connectivity index (χ0n) is 8.36. The van der Waals surface area contributed by atoms with Crippen LogP contribution in [0, 0.1) is 0 Å². The van der Waals surface area contributed by atoms with E-state index in [2.05, 4.69) is 9.72 Å². The smallest absolute Gasteiger partial charge is 0.403 e. The fraction of sp³-hybridized carbons (Fsp3) is 0.375. The molecule has 10 heteroatoms. The molecule has 0 aliphatic carbocycles. The molecule has 0 aliphatic heterocycles. The first-order chi connectivity index (χ1) is 8.04. The van der Waals surface area contributed by atoms with E-state index in [1.54, 1.807) is 0 Å². The van der Waals surface area contributed by atoms with Crippen LogP contribution < -0.4 is 10.5 Å². The summed E-state index contributed by atoms with van der Waals surface area (Å²) in [4.78, 5) is 2.94. The lowest BCUT2D eigenvalue weighted by Gasteiger charge is -2.16. The minimum absolute atomic E-state index is 0.376. The number of hydrogen-bond acceptors (Lipinski definition) is 3. The number of halogens is 7. The van der Waals surface area contributed by atoms with Crippen molar-refractivity contribution in [2.75, 3.05) is 0 Å². The summed E-state index contributed by atoms with van der Waals surface area (Å²) in [5, 5.41) is -0.440. The molecule has 0 saturated heterocycles. The summed E-state index contributed by atoms with van der Waals surface area (Å²) in [6, 6.07) is 0.382. The van der Waals surface area contributed by atoms with Crippen LogP contribution in [0.2, 0.25) is 5.02 Å². The van der Waals surface area contributed by atoms with E-state index in [-0.39, 0.29) is 5.69 Å². The van der Waals surface area contributed by atoms with Gasteiger partial charge in [-0.2, -0.15) is 13.2 Å². The van der Waals surface area contributed by atoms with Gasteiger partial charge in [0.2, 0.25) is 0 Å². The molecule has 3 nitrogen and oxygen atoms in total. The molecule has 2 N–H and O–H groups in total. The van der Waals surface area contributed by atoms with E-state index in [1.807, 2.05) is 0 Å². The van der Waals surface area contributed by atoms with Crippen LogP contribution in [0.25, 0.3) is 0 Å². The summed E-state index contributed by atoms with van der Waals surface area (Å²) in [6.07, 6.45) is -10.4. The average Bonchev–Trinajstić information content (AvgIpc) is 2.13. The van der Waals surface area contributed by atoms with Crippen LogP contribution in [0.15, 0.2) is 6.07 Å². The molecule has 0 saturated carbocycles. The lowest BCUT2D eigenvalue weighted by molar-refractivity contribution is -0.276. The molecule has 0 aromatic carbocycles. The van der Waals surface area contributed by atoms with Gasteiger partial charge in [0.05, 0.1) is 10.7 Å². The molecule has 1 rings (SSSR count). The average molecular weight is 295 g/mol. The van der Waals surface area contributed by atoms with Crippen LogP contribution in [0.3, 0.4) is 0 Å². The molecule has 1 aromatic rings. The van der Waals surface area contributed by atoms with E-state index in [0.29, 0.717) is 6.07 Å². The predicted molar refractivity (Wildman–Crippen MR) is 48.8 cm³/mol. The maximum atomic E-state index is 12.5. The number of hydrogen-bond donors (Lipinski definition) is 1. The SMILES string of the molecule is NCc1nc(C(F)(F)F)c(OC(F)(F)F)cc1Cl. The molecule has 0 bridgehead atoms. The third-order valence-corrected chi connectivity index (χ3v) is 2.03. The number of nitrogens with two attached hydrogens (primary N) is 1. The Bertz CT molecular complexity index is 444. The Morgan fingerprint density at radius 3 is 2.17 bits per heavy atom. The summed E-state index contributed by atoms with van der Waals surface area (Å²) in [6.45, 7) is -0.450. The Hall–Kier alpha value is -1.22. The second-order valence-electron chi connectivity index (χ2n) is 3.01. The molecule has 0 amide bonds. The summed E-state index contributed by atoms with van der Waals surface area (Å²) in [5.41, 5.74) is 2.86. The maximum absolute atomic E-state index is 12.5. The van der Waals surface area contributed by atoms with Gasteiger partial charge >= 0.3 is 12.5 Å². The fourth-order valence-electron chi connectivity index (χ4n) is 1.06. The highest BCUT2D eigenvalue weighted by Crippen LogP contribution is 2.39. The van der Waals surface area contributed by atoms with Crippen LogP contribution in [-0.2, 0) is 12.7 Å². The number of aromatic nitrogens is 1. The molecule has 0 radical (unpaired) electrons. The second-order valence-corrected chi connectivity index (χ2v) is 3.42. The van der Waals surface area contributed by atoms with E-state index >= 15 is 0 Å². The highest BCUT2D eigenvalue weighted by Gasteiger charge is 2.41. The standard InChI is InChI=1S/C8H5ClF6N2O/c9-3-1-5(18-8(13,14)15)6(7(10,11)12)17-4(3)2-16/h1H,2,16H2. The monoisotopic (exact) mass is 294 g/mol. The quantitative estimate of drug-likeness (QED) is 0.853. The molecular formula is C8H5ClF6N2O. The highest BCUT2D eigenvalue weighted by molar-refractivity contribution is 6.31. The number of rotatable bonds is 2. The Morgan fingerprint density at radius 2 is 1.78 bits per heavy atom. The lowest BCUT2D eigenvalue weighted by Crippen LogP contribution is -2.22. The van der Waals surface area contributed by atoms with Gasteiger partial charge in [-0.1, -0.05) is 11.6 Å². The minimum atomic E-state index is -5.28. The van der Waals surface area contributed by atoms with Crippen LogP contribution in [0.4, 0.5) is 26.3 Å². The van der Waals surface area contributed by atoms with Crippen LogP contribution in [0.1, 0.15) is 11.4 Å². The van der Waals surface area contributed by atoms with Gasteiger partial charge in [0.15, 0.2) is 11.4 Å². The normalized spacial score (nSPS) is 12.7. The molecule has 1 aromatic heterocycles. The van der Waals surface area contributed by atoms with Crippen molar-refractivity contribution < 1.29 is 31.1 Å². The van der Waals surface area contributed by atoms with Gasteiger partial charge in [-0.15, -0.1) is 13.2 Å². The predicted octanol–water partition coefficient (Wildman–Crippen LogP) is 3.11. The van der Waals surface area contributed by atoms with Crippen molar-refractivity contribution in [1.82, 2.24) is 4.98 Å². The summed E-state index contributed by atoms with van der Waals surface area (Å²) in [5.74, 6) is -1.52. The Labute approximate surface area is 101 Å². The van der Waals surface area contributed by atoms with E-state index in [1.165, 1.54) is 0 Å². The molecular weight excluding hydrogens is 290 g/mol. The van der Waals surface area contributed by atoms with Crippen LogP contribution in [-0.4, -0.2) is 11.3 Å². The zero-order valence-corrected chi connectivity index (χ0v) is 9.12. The van der Waals surface area contributed by atoms with Crippen LogP contribution >= 0.6 is 11.6 Å². The summed E-state index contributed by atoms with van der Waals surface area (Å²) < 4.78 is 76.5. The highest BCUT2D eigenvalue weighted by atomic mass is 35.5. The van der Waals surface area contributed by atoms with Crippen molar-refractivity contribution in [1.29, 1.82) is 0 Å². The van der Waals surface area contributed by atoms with Crippen molar-refractivity contribution >= 4 is 11.6 Å². The van der Waals surface area contributed by atoms with Gasteiger partial charge in [0, 0.05) is 12.6 Å². The van der Waals surface area contributed by atoms with Gasteiger partial charge < -0.3 is 10.5 Å². The number of pyridine rings is 1. The molecule has 0 aliphatic rings. The van der Waals surface area contributed by atoms with Gasteiger partial charge in [-0.05, 0) is 0 Å². The molecule has 1 heterocycles. The van der Waals surface area contributed by atoms with E-state index in [0.717, 1.165) is 0 Å². The third-order valence-electron chi connectivity index (χ3n) is 1.70. The Kier molecular flexibility index (Phi) is 3.96. The topological polar surface area (TPSA) is 48.1 Å². The Balaban J connectivity index is 3.35. The first-order valence-electron chi connectivity index (χ1n) is 4.27. The molecule has 0 spiro atoms. The molecule has 102 valence electrons. The van der Waals surface area contributed by atoms with Crippen LogP contribution in [0.5, 0.6) is 5.75 Å². The van der Waals surface area contributed by atoms with Crippen molar-refractivity contribution in [2.45, 2.75) is 19.1 Å². The first-order valence-corrected chi connectivity index (χ1v) is 4.65. The number of nitrogens with zero attached hydrogens (tertiary/aromatic N) is 1. The van der Waals surface area contributed by atoms with Crippen molar-refractivity contribution in [3.63, 3.8) is 0 Å². The van der Waals surface area contributed by atoms with Crippen molar-refractivity contribution in [2.24, 2.45) is 5.73 Å². The molecule has 0 atom stereocenters. The maximum Gasteiger partial charge on any atom is 0.573 e. The minimum Gasteiger partial charge on any atom is -0.403 e. The van der Waals surface area contributed by atoms with Crippen molar-refractivity contribution in [3.8, 4) is 5.75 Å². The lowest BCUT2D eigenvalue weighted by atomic mass is 10.2. The number of alkyl halides is 6. The molecule has 18 heavy (non-hydrogen) atoms. The van der Waals surface area contributed by atoms with E-state index in [4.69, 9.17) is 17.3 Å². The molecule has 0 unspecified atom stereocenters. The zero-order chi connectivity index (χ0) is 14.1. The first kappa shape index (κ1) is 14.8. The molecule has 0 fully saturated rings. The largest absolute Gasteiger partial charge is 0.573 e. The van der Waals surface area contributed by atoms with E-state index in [9.17, 15) is 26.3 Å². The van der Waals surface area contributed by atoms with Gasteiger partial charge in [0.25, 0.3) is 0 Å². The van der Waals surface area contributed by atoms with Gasteiger partial charge in [-0.25, -0.2) is 4.98 Å². The van der Waals surface area contributed by atoms with Gasteiger partial charge in [-0.3, -0.25) is 0 Å².